The lowest BCUT2D eigenvalue weighted by atomic mass is 10.1. The van der Waals surface area contributed by atoms with Crippen molar-refractivity contribution >= 4 is 0 Å². The summed E-state index contributed by atoms with van der Waals surface area (Å²) in [5, 5.41) is 9.20. The number of hydrogen-bond donors (Lipinski definition) is 1. The monoisotopic (exact) mass is 217 g/mol. The Kier molecular flexibility index (Phi) is 2.64. The molecular formula is C12H8FNO2. The van der Waals surface area contributed by atoms with Crippen molar-refractivity contribution in [1.82, 2.24) is 4.98 Å². The highest BCUT2D eigenvalue weighted by Crippen LogP contribution is 2.20. The molecule has 1 aromatic heterocycles. The van der Waals surface area contributed by atoms with Crippen molar-refractivity contribution < 1.29 is 9.50 Å². The highest BCUT2D eigenvalue weighted by atomic mass is 19.1. The minimum Gasteiger partial charge on any atom is -0.504 e. The summed E-state index contributed by atoms with van der Waals surface area (Å²) >= 11 is 0. The van der Waals surface area contributed by atoms with Gasteiger partial charge in [0.2, 0.25) is 5.43 Å². The summed E-state index contributed by atoms with van der Waals surface area (Å²) in [5.41, 5.74) is 0.274. The fourth-order valence-electron chi connectivity index (χ4n) is 1.33. The zero-order valence-corrected chi connectivity index (χ0v) is 8.22. The van der Waals surface area contributed by atoms with Gasteiger partial charge in [-0.15, -0.1) is 0 Å². The second kappa shape index (κ2) is 4.10. The Labute approximate surface area is 90.8 Å². The summed E-state index contributed by atoms with van der Waals surface area (Å²) in [5.74, 6) is -0.788. The Hall–Kier alpha value is -2.23. The highest BCUT2D eigenvalue weighted by Gasteiger charge is 2.04. The van der Waals surface area contributed by atoms with E-state index in [0.717, 1.165) is 0 Å². The van der Waals surface area contributed by atoms with Crippen LogP contribution in [-0.2, 0) is 0 Å². The van der Waals surface area contributed by atoms with E-state index in [4.69, 9.17) is 0 Å². The van der Waals surface area contributed by atoms with E-state index in [9.17, 15) is 14.3 Å². The first-order chi connectivity index (χ1) is 7.68. The molecule has 0 saturated heterocycles. The molecule has 0 unspecified atom stereocenters. The largest absolute Gasteiger partial charge is 0.504 e. The molecule has 2 rings (SSSR count). The summed E-state index contributed by atoms with van der Waals surface area (Å²) in [4.78, 5) is 14.9. The van der Waals surface area contributed by atoms with Crippen LogP contribution in [0.25, 0.3) is 11.1 Å². The van der Waals surface area contributed by atoms with Gasteiger partial charge < -0.3 is 5.11 Å². The van der Waals surface area contributed by atoms with Gasteiger partial charge in [-0.25, -0.2) is 4.39 Å². The van der Waals surface area contributed by atoms with Crippen LogP contribution in [0.4, 0.5) is 4.39 Å². The van der Waals surface area contributed by atoms with Crippen molar-refractivity contribution in [3.05, 3.63) is 58.8 Å². The summed E-state index contributed by atoms with van der Waals surface area (Å²) in [7, 11) is 0. The molecular weight excluding hydrogens is 209 g/mol. The lowest BCUT2D eigenvalue weighted by Crippen LogP contribution is -1.91. The van der Waals surface area contributed by atoms with E-state index in [1.165, 1.54) is 42.7 Å². The molecule has 1 aromatic carbocycles. The molecule has 1 heterocycles. The number of pyridine rings is 1. The van der Waals surface area contributed by atoms with Crippen LogP contribution in [0, 0.1) is 5.82 Å². The number of rotatable bonds is 1. The van der Waals surface area contributed by atoms with Gasteiger partial charge in [0.25, 0.3) is 0 Å². The second-order valence-corrected chi connectivity index (χ2v) is 3.23. The molecule has 0 fully saturated rings. The molecule has 0 aliphatic carbocycles. The van der Waals surface area contributed by atoms with Crippen LogP contribution >= 0.6 is 0 Å². The van der Waals surface area contributed by atoms with Gasteiger partial charge >= 0.3 is 0 Å². The lowest BCUT2D eigenvalue weighted by molar-refractivity contribution is 0.471. The van der Waals surface area contributed by atoms with Crippen LogP contribution in [0.5, 0.6) is 5.75 Å². The molecule has 2 aromatic rings. The van der Waals surface area contributed by atoms with Crippen molar-refractivity contribution in [3.63, 3.8) is 0 Å². The maximum Gasteiger partial charge on any atom is 0.220 e. The van der Waals surface area contributed by atoms with Gasteiger partial charge in [0, 0.05) is 18.0 Å². The number of nitrogens with zero attached hydrogens (tertiary/aromatic N) is 1. The van der Waals surface area contributed by atoms with E-state index in [1.807, 2.05) is 0 Å². The van der Waals surface area contributed by atoms with Crippen molar-refractivity contribution in [2.24, 2.45) is 0 Å². The van der Waals surface area contributed by atoms with Crippen LogP contribution < -0.4 is 5.43 Å². The van der Waals surface area contributed by atoms with Gasteiger partial charge in [-0.05, 0) is 23.8 Å². The van der Waals surface area contributed by atoms with Crippen LogP contribution in [0.3, 0.4) is 0 Å². The summed E-state index contributed by atoms with van der Waals surface area (Å²) in [6.45, 7) is 0. The van der Waals surface area contributed by atoms with Gasteiger partial charge in [-0.3, -0.25) is 9.78 Å². The number of aromatic nitrogens is 1. The molecule has 0 saturated carbocycles. The molecule has 0 amide bonds. The smallest absolute Gasteiger partial charge is 0.220 e. The normalized spacial score (nSPS) is 10.1. The lowest BCUT2D eigenvalue weighted by Gasteiger charge is -1.98. The van der Waals surface area contributed by atoms with Gasteiger partial charge in [0.15, 0.2) is 5.75 Å². The zero-order chi connectivity index (χ0) is 11.5. The average molecular weight is 217 g/mol. The Morgan fingerprint density at radius 2 is 1.88 bits per heavy atom. The van der Waals surface area contributed by atoms with Gasteiger partial charge in [0.1, 0.15) is 5.82 Å². The van der Waals surface area contributed by atoms with Crippen LogP contribution in [0.2, 0.25) is 0 Å². The first-order valence-electron chi connectivity index (χ1n) is 4.62. The van der Waals surface area contributed by atoms with Crippen molar-refractivity contribution in [3.8, 4) is 16.9 Å². The van der Waals surface area contributed by atoms with Gasteiger partial charge in [0.05, 0.1) is 0 Å². The maximum atomic E-state index is 13.4. The first-order valence-corrected chi connectivity index (χ1v) is 4.62. The molecule has 0 bridgehead atoms. The topological polar surface area (TPSA) is 50.2 Å². The standard InChI is InChI=1S/C12H8FNO2/c13-10-5-6-14-7-9(10)8-1-3-11(15)12(16)4-2-8/h1-7H,(H,15,16). The third-order valence-corrected chi connectivity index (χ3v) is 2.17. The minimum atomic E-state index is -0.504. The molecule has 4 heteroatoms. The maximum absolute atomic E-state index is 13.4. The number of aromatic hydroxyl groups is 1. The molecule has 0 spiro atoms. The first kappa shape index (κ1) is 10.3. The molecule has 3 nitrogen and oxygen atoms in total. The van der Waals surface area contributed by atoms with E-state index in [0.29, 0.717) is 5.56 Å². The average Bonchev–Trinajstić information content (AvgIpc) is 2.44. The third-order valence-electron chi connectivity index (χ3n) is 2.17. The Morgan fingerprint density at radius 3 is 2.62 bits per heavy atom. The summed E-state index contributed by atoms with van der Waals surface area (Å²) in [6.07, 6.45) is 2.71. The van der Waals surface area contributed by atoms with Crippen LogP contribution in [0.15, 0.2) is 47.5 Å². The quantitative estimate of drug-likeness (QED) is 0.794. The Bertz CT molecular complexity index is 584. The van der Waals surface area contributed by atoms with E-state index in [2.05, 4.69) is 4.98 Å². The van der Waals surface area contributed by atoms with E-state index in [-0.39, 0.29) is 11.3 Å². The molecule has 16 heavy (non-hydrogen) atoms. The Morgan fingerprint density at radius 1 is 1.12 bits per heavy atom. The van der Waals surface area contributed by atoms with Crippen molar-refractivity contribution in [2.75, 3.05) is 0 Å². The van der Waals surface area contributed by atoms with Crippen LogP contribution in [0.1, 0.15) is 0 Å². The van der Waals surface area contributed by atoms with Crippen molar-refractivity contribution in [2.45, 2.75) is 0 Å². The molecule has 0 atom stereocenters. The van der Waals surface area contributed by atoms with E-state index in [1.54, 1.807) is 0 Å². The van der Waals surface area contributed by atoms with Gasteiger partial charge in [-0.1, -0.05) is 12.1 Å². The van der Waals surface area contributed by atoms with Crippen LogP contribution in [-0.4, -0.2) is 10.1 Å². The third kappa shape index (κ3) is 1.91. The molecule has 1 N–H and O–H groups in total. The molecule has 0 radical (unpaired) electrons. The molecule has 0 aliphatic rings. The molecule has 80 valence electrons. The Balaban J connectivity index is 2.63. The predicted molar refractivity (Wildman–Crippen MR) is 57.6 cm³/mol. The minimum absolute atomic E-state index is 0.289. The fraction of sp³-hybridized carbons (Fsp3) is 0. The van der Waals surface area contributed by atoms with E-state index < -0.39 is 11.2 Å². The predicted octanol–water partition coefficient (Wildman–Crippen LogP) is 1.95. The van der Waals surface area contributed by atoms with Crippen molar-refractivity contribution in [1.29, 1.82) is 0 Å². The second-order valence-electron chi connectivity index (χ2n) is 3.23. The number of hydrogen-bond acceptors (Lipinski definition) is 3. The number of halogens is 1. The van der Waals surface area contributed by atoms with Gasteiger partial charge in [-0.2, -0.15) is 0 Å². The summed E-state index contributed by atoms with van der Waals surface area (Å²) < 4.78 is 13.4. The fourth-order valence-corrected chi connectivity index (χ4v) is 1.33. The zero-order valence-electron chi connectivity index (χ0n) is 8.22. The van der Waals surface area contributed by atoms with E-state index >= 15 is 0 Å². The SMILES string of the molecule is O=c1ccc(-c2cnccc2F)ccc1O. The molecule has 0 aliphatic heterocycles. The highest BCUT2D eigenvalue weighted by molar-refractivity contribution is 5.62. The summed E-state index contributed by atoms with van der Waals surface area (Å²) in [6, 6.07) is 6.58.